The molecule has 0 bridgehead atoms. The fourth-order valence-electron chi connectivity index (χ4n) is 3.01. The average Bonchev–Trinajstić information content (AvgIpc) is 2.55. The van der Waals surface area contributed by atoms with E-state index in [0.29, 0.717) is 10.4 Å². The van der Waals surface area contributed by atoms with Crippen LogP contribution in [0.15, 0.2) is 52.6 Å². The van der Waals surface area contributed by atoms with Crippen LogP contribution in [0.1, 0.15) is 11.1 Å². The molecule has 0 radical (unpaired) electrons. The van der Waals surface area contributed by atoms with Gasteiger partial charge in [0.2, 0.25) is 5.43 Å². The Bertz CT molecular complexity index is 918. The Morgan fingerprint density at radius 1 is 1.09 bits per heavy atom. The summed E-state index contributed by atoms with van der Waals surface area (Å²) in [6.45, 7) is 1.68. The molecule has 0 aliphatic carbocycles. The van der Waals surface area contributed by atoms with Gasteiger partial charge >= 0.3 is 0 Å². The van der Waals surface area contributed by atoms with Crippen LogP contribution in [0.5, 0.6) is 0 Å². The maximum Gasteiger partial charge on any atom is 0.211 e. The first kappa shape index (κ1) is 13.8. The molecule has 2 nitrogen and oxygen atoms in total. The van der Waals surface area contributed by atoms with Gasteiger partial charge in [-0.1, -0.05) is 35.9 Å². The van der Waals surface area contributed by atoms with E-state index in [1.165, 1.54) is 11.1 Å². The van der Waals surface area contributed by atoms with Crippen LogP contribution in [0.25, 0.3) is 10.1 Å². The second kappa shape index (κ2) is 5.41. The number of benzene rings is 2. The molecule has 2 heterocycles. The fraction of sp³-hybridized carbons (Fsp3) is 0.167. The van der Waals surface area contributed by atoms with Crippen LogP contribution in [-0.2, 0) is 13.0 Å². The van der Waals surface area contributed by atoms with Crippen LogP contribution in [0, 0.1) is 0 Å². The van der Waals surface area contributed by atoms with Gasteiger partial charge in [-0.2, -0.15) is 0 Å². The summed E-state index contributed by atoms with van der Waals surface area (Å²) < 4.78 is 0.982. The molecule has 0 saturated carbocycles. The van der Waals surface area contributed by atoms with Crippen molar-refractivity contribution in [2.75, 3.05) is 11.4 Å². The van der Waals surface area contributed by atoms with Gasteiger partial charge in [-0.25, -0.2) is 0 Å². The van der Waals surface area contributed by atoms with Gasteiger partial charge < -0.3 is 4.90 Å². The van der Waals surface area contributed by atoms with Gasteiger partial charge in [0, 0.05) is 33.6 Å². The number of fused-ring (bicyclic) bond motifs is 2. The first-order valence-corrected chi connectivity index (χ1v) is 8.51. The van der Waals surface area contributed by atoms with E-state index in [1.54, 1.807) is 17.4 Å². The summed E-state index contributed by atoms with van der Waals surface area (Å²) in [5.74, 6) is 0. The Balaban J connectivity index is 1.79. The van der Waals surface area contributed by atoms with Gasteiger partial charge in [0.15, 0.2) is 0 Å². The van der Waals surface area contributed by atoms with E-state index < -0.39 is 0 Å². The van der Waals surface area contributed by atoms with E-state index in [0.717, 1.165) is 29.9 Å². The molecule has 0 amide bonds. The molecule has 0 N–H and O–H groups in total. The fourth-order valence-corrected chi connectivity index (χ4v) is 4.10. The lowest BCUT2D eigenvalue weighted by Crippen LogP contribution is -2.33. The molecule has 0 saturated heterocycles. The summed E-state index contributed by atoms with van der Waals surface area (Å²) in [7, 11) is 0. The molecular weight excluding hydrogens is 314 g/mol. The van der Waals surface area contributed by atoms with Crippen molar-refractivity contribution in [3.05, 3.63) is 74.2 Å². The van der Waals surface area contributed by atoms with E-state index in [4.69, 9.17) is 11.6 Å². The predicted octanol–water partition coefficient (Wildman–Crippen LogP) is 4.48. The number of nitrogens with zero attached hydrogens (tertiary/aromatic N) is 1. The molecule has 1 aromatic heterocycles. The predicted molar refractivity (Wildman–Crippen MR) is 94.3 cm³/mol. The van der Waals surface area contributed by atoms with E-state index in [9.17, 15) is 4.79 Å². The Labute approximate surface area is 137 Å². The van der Waals surface area contributed by atoms with E-state index >= 15 is 0 Å². The number of anilines is 1. The summed E-state index contributed by atoms with van der Waals surface area (Å²) in [4.78, 5) is 15.0. The van der Waals surface area contributed by atoms with Crippen LogP contribution in [-0.4, -0.2) is 6.54 Å². The third kappa shape index (κ3) is 2.31. The molecule has 1 aliphatic heterocycles. The minimum Gasteiger partial charge on any atom is -0.363 e. The number of hydrogen-bond acceptors (Lipinski definition) is 3. The van der Waals surface area contributed by atoms with Crippen molar-refractivity contribution in [3.8, 4) is 0 Å². The third-order valence-electron chi connectivity index (χ3n) is 4.19. The Hall–Kier alpha value is -1.84. The molecule has 3 aromatic rings. The first-order valence-electron chi connectivity index (χ1n) is 7.25. The molecule has 2 aromatic carbocycles. The smallest absolute Gasteiger partial charge is 0.211 e. The molecule has 0 atom stereocenters. The number of hydrogen-bond donors (Lipinski definition) is 0. The largest absolute Gasteiger partial charge is 0.363 e. The number of halogens is 1. The maximum absolute atomic E-state index is 12.8. The lowest BCUT2D eigenvalue weighted by Gasteiger charge is -2.30. The molecule has 110 valence electrons. The van der Waals surface area contributed by atoms with Crippen LogP contribution >= 0.6 is 22.9 Å². The zero-order chi connectivity index (χ0) is 15.1. The molecule has 22 heavy (non-hydrogen) atoms. The molecule has 0 unspecified atom stereocenters. The Morgan fingerprint density at radius 2 is 1.91 bits per heavy atom. The summed E-state index contributed by atoms with van der Waals surface area (Å²) in [5.41, 5.74) is 3.56. The zero-order valence-electron chi connectivity index (χ0n) is 11.9. The second-order valence-corrected chi connectivity index (χ2v) is 6.88. The van der Waals surface area contributed by atoms with Crippen LogP contribution < -0.4 is 10.3 Å². The maximum atomic E-state index is 12.8. The lowest BCUT2D eigenvalue weighted by atomic mass is 9.99. The zero-order valence-corrected chi connectivity index (χ0v) is 13.5. The number of rotatable bonds is 1. The molecule has 4 heteroatoms. The van der Waals surface area contributed by atoms with Gasteiger partial charge in [0.1, 0.15) is 0 Å². The average molecular weight is 328 g/mol. The second-order valence-electron chi connectivity index (χ2n) is 5.53. The summed E-state index contributed by atoms with van der Waals surface area (Å²) >= 11 is 7.65. The Morgan fingerprint density at radius 3 is 2.77 bits per heavy atom. The lowest BCUT2D eigenvalue weighted by molar-refractivity contribution is 0.731. The topological polar surface area (TPSA) is 20.3 Å². The summed E-state index contributed by atoms with van der Waals surface area (Å²) in [6.07, 6.45) is 0.980. The van der Waals surface area contributed by atoms with E-state index in [-0.39, 0.29) is 5.43 Å². The standard InChI is InChI=1S/C18H14ClNOS/c19-14-5-6-17-15(9-14)18(21)16(11-22-17)20-8-7-12-3-1-2-4-13(12)10-20/h1-6,9,11H,7-8,10H2. The van der Waals surface area contributed by atoms with Gasteiger partial charge in [-0.3, -0.25) is 4.79 Å². The minimum atomic E-state index is 0.0793. The third-order valence-corrected chi connectivity index (χ3v) is 5.37. The van der Waals surface area contributed by atoms with Crippen LogP contribution in [0.2, 0.25) is 5.02 Å². The SMILES string of the molecule is O=c1c(N2CCc3ccccc3C2)csc2ccc(Cl)cc12. The minimum absolute atomic E-state index is 0.0793. The van der Waals surface area contributed by atoms with Gasteiger partial charge in [0.25, 0.3) is 0 Å². The summed E-state index contributed by atoms with van der Waals surface area (Å²) in [5, 5.41) is 3.30. The highest BCUT2D eigenvalue weighted by Crippen LogP contribution is 2.27. The van der Waals surface area contributed by atoms with Gasteiger partial charge in [-0.15, -0.1) is 11.3 Å². The highest BCUT2D eigenvalue weighted by molar-refractivity contribution is 7.16. The summed E-state index contributed by atoms with van der Waals surface area (Å²) in [6, 6.07) is 14.0. The highest BCUT2D eigenvalue weighted by atomic mass is 35.5. The molecule has 1 aliphatic rings. The molecule has 0 spiro atoms. The van der Waals surface area contributed by atoms with E-state index in [2.05, 4.69) is 29.2 Å². The van der Waals surface area contributed by atoms with Crippen molar-refractivity contribution in [2.45, 2.75) is 13.0 Å². The molecule has 0 fully saturated rings. The van der Waals surface area contributed by atoms with Crippen molar-refractivity contribution in [3.63, 3.8) is 0 Å². The van der Waals surface area contributed by atoms with Crippen LogP contribution in [0.4, 0.5) is 5.69 Å². The van der Waals surface area contributed by atoms with Gasteiger partial charge in [-0.05, 0) is 35.7 Å². The van der Waals surface area contributed by atoms with Crippen molar-refractivity contribution in [1.29, 1.82) is 0 Å². The normalized spacial score (nSPS) is 14.1. The van der Waals surface area contributed by atoms with E-state index in [1.807, 2.05) is 17.5 Å². The quantitative estimate of drug-likeness (QED) is 0.657. The van der Waals surface area contributed by atoms with Crippen LogP contribution in [0.3, 0.4) is 0 Å². The van der Waals surface area contributed by atoms with Crippen molar-refractivity contribution in [1.82, 2.24) is 0 Å². The van der Waals surface area contributed by atoms with Crippen molar-refractivity contribution >= 4 is 38.7 Å². The van der Waals surface area contributed by atoms with Crippen molar-refractivity contribution < 1.29 is 0 Å². The highest BCUT2D eigenvalue weighted by Gasteiger charge is 2.19. The van der Waals surface area contributed by atoms with Crippen molar-refractivity contribution in [2.24, 2.45) is 0 Å². The van der Waals surface area contributed by atoms with Gasteiger partial charge in [0.05, 0.1) is 5.69 Å². The molecular formula is C18H14ClNOS. The first-order chi connectivity index (χ1) is 10.7. The molecule has 4 rings (SSSR count). The Kier molecular flexibility index (Phi) is 3.40. The monoisotopic (exact) mass is 327 g/mol.